The third kappa shape index (κ3) is 3.87. The Kier molecular flexibility index (Phi) is 6.78. The van der Waals surface area contributed by atoms with Gasteiger partial charge in [0.15, 0.2) is 0 Å². The first-order valence-electron chi connectivity index (χ1n) is 14.0. The number of aliphatic hydroxyl groups excluding tert-OH is 1. The largest absolute Gasteiger partial charge is 0.393 e. The molecule has 1 nitrogen and oxygen atoms in total. The maximum Gasteiger partial charge on any atom is 0.0569 e. The van der Waals surface area contributed by atoms with E-state index >= 15 is 0 Å². The Morgan fingerprint density at radius 3 is 2.39 bits per heavy atom. The third-order valence-electron chi connectivity index (χ3n) is 11.7. The van der Waals surface area contributed by atoms with Crippen LogP contribution in [0.2, 0.25) is 0 Å². The molecule has 0 aromatic carbocycles. The molecule has 1 heteroatoms. The van der Waals surface area contributed by atoms with Gasteiger partial charge in [-0.2, -0.15) is 0 Å². The van der Waals surface area contributed by atoms with E-state index in [-0.39, 0.29) is 6.10 Å². The van der Waals surface area contributed by atoms with Crippen molar-refractivity contribution in [2.45, 2.75) is 125 Å². The molecular formula is C30H52O. The lowest BCUT2D eigenvalue weighted by atomic mass is 9.49. The summed E-state index contributed by atoms with van der Waals surface area (Å²) in [5.41, 5.74) is 4.72. The van der Waals surface area contributed by atoms with Crippen molar-refractivity contribution in [2.75, 3.05) is 0 Å². The molecule has 0 heterocycles. The van der Waals surface area contributed by atoms with Gasteiger partial charge in [-0.3, -0.25) is 0 Å². The van der Waals surface area contributed by atoms with Crippen LogP contribution in [0.3, 0.4) is 0 Å². The number of hydrogen-bond donors (Lipinski definition) is 1. The highest BCUT2D eigenvalue weighted by Gasteiger charge is 2.56. The molecule has 0 bridgehead atoms. The molecule has 0 radical (unpaired) electrons. The van der Waals surface area contributed by atoms with E-state index in [1.165, 1.54) is 64.2 Å². The van der Waals surface area contributed by atoms with Gasteiger partial charge in [-0.25, -0.2) is 0 Å². The van der Waals surface area contributed by atoms with Crippen LogP contribution < -0.4 is 0 Å². The molecule has 0 aliphatic heterocycles. The number of aliphatic hydroxyl groups is 1. The molecule has 31 heavy (non-hydrogen) atoms. The molecule has 0 amide bonds. The van der Waals surface area contributed by atoms with Crippen molar-refractivity contribution < 1.29 is 5.11 Å². The van der Waals surface area contributed by atoms with Crippen LogP contribution in [0.25, 0.3) is 0 Å². The first-order valence-corrected chi connectivity index (χ1v) is 14.0. The Balaban J connectivity index is 1.52. The molecule has 4 rings (SSSR count). The zero-order valence-electron chi connectivity index (χ0n) is 21.8. The van der Waals surface area contributed by atoms with Gasteiger partial charge >= 0.3 is 0 Å². The molecule has 0 unspecified atom stereocenters. The molecule has 0 spiro atoms. The zero-order valence-corrected chi connectivity index (χ0v) is 21.8. The maximum atomic E-state index is 10.5. The lowest BCUT2D eigenvalue weighted by molar-refractivity contribution is -0.0336. The first kappa shape index (κ1) is 23.8. The fourth-order valence-electron chi connectivity index (χ4n) is 9.57. The molecule has 9 atom stereocenters. The Morgan fingerprint density at radius 1 is 0.968 bits per heavy atom. The van der Waals surface area contributed by atoms with Crippen LogP contribution in [-0.4, -0.2) is 11.2 Å². The average molecular weight is 429 g/mol. The van der Waals surface area contributed by atoms with Crippen LogP contribution in [0.15, 0.2) is 11.1 Å². The van der Waals surface area contributed by atoms with Gasteiger partial charge in [0, 0.05) is 0 Å². The molecular weight excluding hydrogens is 376 g/mol. The minimum Gasteiger partial charge on any atom is -0.393 e. The summed E-state index contributed by atoms with van der Waals surface area (Å²) in [4.78, 5) is 0. The fourth-order valence-corrected chi connectivity index (χ4v) is 9.57. The Morgan fingerprint density at radius 2 is 1.71 bits per heavy atom. The summed E-state index contributed by atoms with van der Waals surface area (Å²) in [6.45, 7) is 17.4. The van der Waals surface area contributed by atoms with Gasteiger partial charge in [0.05, 0.1) is 6.10 Å². The van der Waals surface area contributed by atoms with E-state index in [1.54, 1.807) is 0 Å². The van der Waals surface area contributed by atoms with Crippen molar-refractivity contribution in [1.82, 2.24) is 0 Å². The van der Waals surface area contributed by atoms with Crippen LogP contribution in [0.4, 0.5) is 0 Å². The van der Waals surface area contributed by atoms with Crippen molar-refractivity contribution >= 4 is 0 Å². The van der Waals surface area contributed by atoms with Crippen molar-refractivity contribution in [2.24, 2.45) is 52.3 Å². The van der Waals surface area contributed by atoms with E-state index in [2.05, 4.69) is 48.5 Å². The van der Waals surface area contributed by atoms with E-state index in [4.69, 9.17) is 0 Å². The van der Waals surface area contributed by atoms with E-state index in [0.717, 1.165) is 36.0 Å². The highest BCUT2D eigenvalue weighted by Crippen LogP contribution is 2.66. The summed E-state index contributed by atoms with van der Waals surface area (Å²) >= 11 is 0. The van der Waals surface area contributed by atoms with Gasteiger partial charge in [-0.05, 0) is 110 Å². The summed E-state index contributed by atoms with van der Waals surface area (Å²) in [5.74, 6) is 5.58. The summed E-state index contributed by atoms with van der Waals surface area (Å²) < 4.78 is 0. The van der Waals surface area contributed by atoms with Gasteiger partial charge in [0.1, 0.15) is 0 Å². The second kappa shape index (κ2) is 8.81. The summed E-state index contributed by atoms with van der Waals surface area (Å²) in [7, 11) is 0. The molecule has 0 saturated heterocycles. The van der Waals surface area contributed by atoms with E-state index < -0.39 is 0 Å². The van der Waals surface area contributed by atoms with Gasteiger partial charge in [-0.15, -0.1) is 0 Å². The lowest BCUT2D eigenvalue weighted by Gasteiger charge is -2.56. The lowest BCUT2D eigenvalue weighted by Crippen LogP contribution is -2.49. The van der Waals surface area contributed by atoms with Crippen molar-refractivity contribution in [1.29, 1.82) is 0 Å². The van der Waals surface area contributed by atoms with Crippen LogP contribution in [0, 0.1) is 52.3 Å². The van der Waals surface area contributed by atoms with E-state index in [0.29, 0.717) is 22.7 Å². The Bertz CT molecular complexity index is 676. The van der Waals surface area contributed by atoms with Gasteiger partial charge in [0.2, 0.25) is 0 Å². The van der Waals surface area contributed by atoms with E-state index in [9.17, 15) is 5.11 Å². The molecule has 2 fully saturated rings. The maximum absolute atomic E-state index is 10.5. The molecule has 1 N–H and O–H groups in total. The van der Waals surface area contributed by atoms with E-state index in [1.807, 2.05) is 11.1 Å². The Hall–Kier alpha value is -0.300. The molecule has 4 aliphatic carbocycles. The molecule has 0 aromatic rings. The number of hydrogen-bond acceptors (Lipinski definition) is 1. The van der Waals surface area contributed by atoms with Gasteiger partial charge < -0.3 is 5.11 Å². The standard InChI is InChI=1S/C30H52O/c1-8-22(19(2)3)10-9-20(4)24-13-14-26-23-11-12-25-21(5)28(31)16-18-30(25,7)27(23)15-17-29(24,26)6/h19-22,24-26,28,31H,8-18H2,1-7H3/t20-,21+,22+,24-,25+,26+,28+,29-,30+/m1/s1. The third-order valence-corrected chi connectivity index (χ3v) is 11.7. The molecule has 0 aromatic heterocycles. The normalized spacial score (nSPS) is 44.6. The summed E-state index contributed by atoms with van der Waals surface area (Å²) in [6, 6.07) is 0. The van der Waals surface area contributed by atoms with Gasteiger partial charge in [-0.1, -0.05) is 72.5 Å². The van der Waals surface area contributed by atoms with Crippen LogP contribution >= 0.6 is 0 Å². The predicted molar refractivity (Wildman–Crippen MR) is 133 cm³/mol. The van der Waals surface area contributed by atoms with Crippen LogP contribution in [0.1, 0.15) is 119 Å². The monoisotopic (exact) mass is 428 g/mol. The van der Waals surface area contributed by atoms with Crippen LogP contribution in [0.5, 0.6) is 0 Å². The molecule has 4 aliphatic rings. The van der Waals surface area contributed by atoms with Crippen molar-refractivity contribution in [3.8, 4) is 0 Å². The predicted octanol–water partition coefficient (Wildman–Crippen LogP) is 8.41. The fraction of sp³-hybridized carbons (Fsp3) is 0.933. The number of allylic oxidation sites excluding steroid dienone is 2. The highest BCUT2D eigenvalue weighted by atomic mass is 16.3. The molecule has 2 saturated carbocycles. The summed E-state index contributed by atoms with van der Waals surface area (Å²) in [6.07, 6.45) is 14.7. The first-order chi connectivity index (χ1) is 14.6. The second-order valence-corrected chi connectivity index (χ2v) is 13.2. The quantitative estimate of drug-likeness (QED) is 0.421. The number of fused-ring (bicyclic) bond motifs is 4. The molecule has 178 valence electrons. The second-order valence-electron chi connectivity index (χ2n) is 13.2. The Labute approximate surface area is 193 Å². The number of rotatable bonds is 6. The van der Waals surface area contributed by atoms with Crippen molar-refractivity contribution in [3.63, 3.8) is 0 Å². The topological polar surface area (TPSA) is 20.2 Å². The van der Waals surface area contributed by atoms with Crippen molar-refractivity contribution in [3.05, 3.63) is 11.1 Å². The van der Waals surface area contributed by atoms with Gasteiger partial charge in [0.25, 0.3) is 0 Å². The minimum absolute atomic E-state index is 0.0661. The zero-order chi connectivity index (χ0) is 22.6. The average Bonchev–Trinajstić information content (AvgIpc) is 3.08. The van der Waals surface area contributed by atoms with Crippen LogP contribution in [-0.2, 0) is 0 Å². The summed E-state index contributed by atoms with van der Waals surface area (Å²) in [5, 5.41) is 10.5. The minimum atomic E-state index is -0.0661. The highest BCUT2D eigenvalue weighted by molar-refractivity contribution is 5.34. The smallest absolute Gasteiger partial charge is 0.0569 e. The SMILES string of the molecule is CC[C@@H](CC[C@@H](C)[C@H]1CC[C@H]2C3=C(CC[C@]12C)[C@@]1(C)CC[C@H](O)[C@@H](C)[C@@H]1CC3)C(C)C.